The first-order valence-electron chi connectivity index (χ1n) is 6.67. The van der Waals surface area contributed by atoms with Gasteiger partial charge in [-0.1, -0.05) is 23.7 Å². The summed E-state index contributed by atoms with van der Waals surface area (Å²) in [5.41, 5.74) is 0.939. The maximum atomic E-state index is 9.95. The van der Waals surface area contributed by atoms with Gasteiger partial charge in [0.25, 0.3) is 0 Å². The molecule has 18 heavy (non-hydrogen) atoms. The smallest absolute Gasteiger partial charge is 0.138 e. The van der Waals surface area contributed by atoms with E-state index in [0.717, 1.165) is 37.8 Å². The summed E-state index contributed by atoms with van der Waals surface area (Å²) in [4.78, 5) is 5.02. The van der Waals surface area contributed by atoms with Crippen molar-refractivity contribution in [3.8, 4) is 5.75 Å². The Morgan fingerprint density at radius 2 is 2.17 bits per heavy atom. The quantitative estimate of drug-likeness (QED) is 0.890. The van der Waals surface area contributed by atoms with Crippen molar-refractivity contribution < 1.29 is 5.11 Å². The maximum Gasteiger partial charge on any atom is 0.138 e. The lowest BCUT2D eigenvalue weighted by Gasteiger charge is -2.37. The average Bonchev–Trinajstić information content (AvgIpc) is 2.82. The zero-order valence-corrected chi connectivity index (χ0v) is 11.2. The fourth-order valence-corrected chi connectivity index (χ4v) is 3.32. The van der Waals surface area contributed by atoms with Crippen LogP contribution in [0.3, 0.4) is 0 Å². The van der Waals surface area contributed by atoms with E-state index in [1.165, 1.54) is 19.4 Å². The summed E-state index contributed by atoms with van der Waals surface area (Å²) >= 11 is 5.94. The average molecular weight is 267 g/mol. The highest BCUT2D eigenvalue weighted by Gasteiger charge is 2.30. The molecule has 2 saturated heterocycles. The predicted molar refractivity (Wildman–Crippen MR) is 73.0 cm³/mol. The van der Waals surface area contributed by atoms with E-state index in [-0.39, 0.29) is 5.75 Å². The number of piperazine rings is 1. The van der Waals surface area contributed by atoms with Gasteiger partial charge in [0.2, 0.25) is 0 Å². The van der Waals surface area contributed by atoms with Crippen LogP contribution >= 0.6 is 11.6 Å². The van der Waals surface area contributed by atoms with Gasteiger partial charge in [-0.25, -0.2) is 0 Å². The van der Waals surface area contributed by atoms with E-state index in [1.54, 1.807) is 6.07 Å². The number of nitrogens with zero attached hydrogens (tertiary/aromatic N) is 2. The Bertz CT molecular complexity index is 438. The van der Waals surface area contributed by atoms with E-state index in [9.17, 15) is 5.11 Å². The second kappa shape index (κ2) is 5.08. The highest BCUT2D eigenvalue weighted by atomic mass is 35.5. The third-order valence-corrected chi connectivity index (χ3v) is 4.44. The minimum absolute atomic E-state index is 0.244. The summed E-state index contributed by atoms with van der Waals surface area (Å²) in [6.45, 7) is 5.43. The van der Waals surface area contributed by atoms with Crippen molar-refractivity contribution in [2.24, 2.45) is 0 Å². The second-order valence-electron chi connectivity index (χ2n) is 5.31. The van der Waals surface area contributed by atoms with Gasteiger partial charge in [0.1, 0.15) is 5.75 Å². The van der Waals surface area contributed by atoms with E-state index < -0.39 is 0 Å². The first-order chi connectivity index (χ1) is 8.74. The third-order valence-electron chi connectivity index (χ3n) is 4.14. The molecule has 1 unspecified atom stereocenters. The van der Waals surface area contributed by atoms with Gasteiger partial charge in [0.15, 0.2) is 0 Å². The lowest BCUT2D eigenvalue weighted by atomic mass is 10.1. The van der Waals surface area contributed by atoms with Crippen molar-refractivity contribution in [1.29, 1.82) is 0 Å². The number of para-hydroxylation sites is 1. The van der Waals surface area contributed by atoms with Crippen molar-refractivity contribution in [2.75, 3.05) is 26.2 Å². The Morgan fingerprint density at radius 1 is 1.28 bits per heavy atom. The van der Waals surface area contributed by atoms with E-state index in [0.29, 0.717) is 5.02 Å². The molecule has 0 spiro atoms. The van der Waals surface area contributed by atoms with Crippen LogP contribution < -0.4 is 0 Å². The molecule has 1 aromatic rings. The summed E-state index contributed by atoms with van der Waals surface area (Å²) < 4.78 is 0. The minimum Gasteiger partial charge on any atom is -0.506 e. The fourth-order valence-electron chi connectivity index (χ4n) is 3.13. The van der Waals surface area contributed by atoms with E-state index >= 15 is 0 Å². The van der Waals surface area contributed by atoms with Crippen LogP contribution in [0.15, 0.2) is 18.2 Å². The lowest BCUT2D eigenvalue weighted by Crippen LogP contribution is -2.49. The summed E-state index contributed by atoms with van der Waals surface area (Å²) in [5.74, 6) is 0.244. The first-order valence-corrected chi connectivity index (χ1v) is 7.04. The maximum absolute atomic E-state index is 9.95. The molecule has 0 saturated carbocycles. The molecule has 2 aliphatic heterocycles. The van der Waals surface area contributed by atoms with Crippen LogP contribution in [0.2, 0.25) is 5.02 Å². The van der Waals surface area contributed by atoms with Gasteiger partial charge >= 0.3 is 0 Å². The van der Waals surface area contributed by atoms with E-state index in [4.69, 9.17) is 11.6 Å². The number of phenolic OH excluding ortho intramolecular Hbond substituents is 1. The molecule has 0 aliphatic carbocycles. The number of halogens is 1. The van der Waals surface area contributed by atoms with Crippen molar-refractivity contribution in [3.05, 3.63) is 28.8 Å². The Hall–Kier alpha value is -0.770. The van der Waals surface area contributed by atoms with Crippen LogP contribution in [0.5, 0.6) is 5.75 Å². The van der Waals surface area contributed by atoms with Gasteiger partial charge in [0, 0.05) is 37.8 Å². The van der Waals surface area contributed by atoms with Gasteiger partial charge in [-0.3, -0.25) is 9.80 Å². The summed E-state index contributed by atoms with van der Waals surface area (Å²) in [5, 5.41) is 10.4. The lowest BCUT2D eigenvalue weighted by molar-refractivity contribution is 0.0988. The van der Waals surface area contributed by atoms with E-state index in [2.05, 4.69) is 9.80 Å². The Kier molecular flexibility index (Phi) is 3.46. The fraction of sp³-hybridized carbons (Fsp3) is 0.571. The molecule has 1 atom stereocenters. The number of phenols is 1. The van der Waals surface area contributed by atoms with Crippen LogP contribution in [0.4, 0.5) is 0 Å². The van der Waals surface area contributed by atoms with E-state index in [1.807, 2.05) is 12.1 Å². The second-order valence-corrected chi connectivity index (χ2v) is 5.72. The molecule has 1 N–H and O–H groups in total. The molecule has 3 rings (SSSR count). The topological polar surface area (TPSA) is 26.7 Å². The number of rotatable bonds is 2. The van der Waals surface area contributed by atoms with Gasteiger partial charge in [-0.2, -0.15) is 0 Å². The molecule has 2 heterocycles. The standard InChI is InChI=1S/C14H19ClN2O/c15-13-5-1-3-11(14(13)18)9-16-7-8-17-6-2-4-12(17)10-16/h1,3,5,12,18H,2,4,6-10H2. The molecule has 2 aliphatic rings. The van der Waals surface area contributed by atoms with Crippen molar-refractivity contribution >= 4 is 11.6 Å². The normalized spacial score (nSPS) is 25.3. The van der Waals surface area contributed by atoms with Gasteiger partial charge in [-0.15, -0.1) is 0 Å². The molecule has 3 nitrogen and oxygen atoms in total. The molecule has 2 fully saturated rings. The van der Waals surface area contributed by atoms with Crippen LogP contribution in [0.1, 0.15) is 18.4 Å². The van der Waals surface area contributed by atoms with Crippen molar-refractivity contribution in [2.45, 2.75) is 25.4 Å². The number of hydrogen-bond acceptors (Lipinski definition) is 3. The highest BCUT2D eigenvalue weighted by Crippen LogP contribution is 2.29. The van der Waals surface area contributed by atoms with Crippen LogP contribution in [-0.2, 0) is 6.54 Å². The Morgan fingerprint density at radius 3 is 3.06 bits per heavy atom. The summed E-state index contributed by atoms with van der Waals surface area (Å²) in [6.07, 6.45) is 2.65. The molecule has 4 heteroatoms. The van der Waals surface area contributed by atoms with Crippen LogP contribution in [0, 0.1) is 0 Å². The Labute approximate surface area is 113 Å². The zero-order chi connectivity index (χ0) is 12.5. The largest absolute Gasteiger partial charge is 0.506 e. The number of hydrogen-bond donors (Lipinski definition) is 1. The molecule has 0 amide bonds. The highest BCUT2D eigenvalue weighted by molar-refractivity contribution is 6.32. The third kappa shape index (κ3) is 2.35. The van der Waals surface area contributed by atoms with Crippen LogP contribution in [-0.4, -0.2) is 47.1 Å². The first kappa shape index (κ1) is 12.3. The molecular weight excluding hydrogens is 248 g/mol. The molecule has 0 aromatic heterocycles. The zero-order valence-electron chi connectivity index (χ0n) is 10.5. The number of aromatic hydroxyl groups is 1. The Balaban J connectivity index is 1.68. The van der Waals surface area contributed by atoms with Crippen LogP contribution in [0.25, 0.3) is 0 Å². The van der Waals surface area contributed by atoms with Gasteiger partial charge in [0.05, 0.1) is 5.02 Å². The monoisotopic (exact) mass is 266 g/mol. The van der Waals surface area contributed by atoms with Crippen molar-refractivity contribution in [1.82, 2.24) is 9.80 Å². The molecule has 1 aromatic carbocycles. The predicted octanol–water partition coefficient (Wildman–Crippen LogP) is 2.33. The van der Waals surface area contributed by atoms with Gasteiger partial charge < -0.3 is 5.11 Å². The van der Waals surface area contributed by atoms with Crippen molar-refractivity contribution in [3.63, 3.8) is 0 Å². The molecule has 0 radical (unpaired) electrons. The molecule has 0 bridgehead atoms. The van der Waals surface area contributed by atoms with Gasteiger partial charge in [-0.05, 0) is 25.5 Å². The number of benzene rings is 1. The number of fused-ring (bicyclic) bond motifs is 1. The molecule has 98 valence electrons. The summed E-state index contributed by atoms with van der Waals surface area (Å²) in [7, 11) is 0. The molecular formula is C14H19ClN2O. The minimum atomic E-state index is 0.244. The SMILES string of the molecule is Oc1c(Cl)cccc1CN1CCN2CCCC2C1. The summed E-state index contributed by atoms with van der Waals surface area (Å²) in [6, 6.07) is 6.32.